The minimum Gasteiger partial charge on any atom is -0.310 e. The highest BCUT2D eigenvalue weighted by Crippen LogP contribution is 2.42. The lowest BCUT2D eigenvalue weighted by atomic mass is 9.93. The van der Waals surface area contributed by atoms with Gasteiger partial charge < -0.3 is 14.0 Å². The molecule has 296 valence electrons. The lowest BCUT2D eigenvalue weighted by molar-refractivity contribution is 1.17. The van der Waals surface area contributed by atoms with Gasteiger partial charge in [0.1, 0.15) is 0 Å². The molecule has 0 saturated carbocycles. The average molecular weight is 804 g/mol. The summed E-state index contributed by atoms with van der Waals surface area (Å²) in [4.78, 5) is 2.39. The number of rotatable bonds is 8. The van der Waals surface area contributed by atoms with E-state index in [-0.39, 0.29) is 0 Å². The Morgan fingerprint density at radius 1 is 0.222 bits per heavy atom. The van der Waals surface area contributed by atoms with Gasteiger partial charge in [-0.1, -0.05) is 152 Å². The molecule has 0 fully saturated rings. The molecule has 12 rings (SSSR count). The molecular weight excluding hydrogens is 763 g/mol. The quantitative estimate of drug-likeness (QED) is 0.149. The highest BCUT2D eigenvalue weighted by molar-refractivity contribution is 6.11. The van der Waals surface area contributed by atoms with Crippen molar-refractivity contribution in [3.8, 4) is 44.8 Å². The van der Waals surface area contributed by atoms with Crippen molar-refractivity contribution in [3.05, 3.63) is 249 Å². The molecule has 0 aliphatic carbocycles. The number of hydrogen-bond donors (Lipinski definition) is 0. The Hall–Kier alpha value is -8.40. The first kappa shape index (κ1) is 36.5. The Balaban J connectivity index is 1.02. The van der Waals surface area contributed by atoms with E-state index in [0.717, 1.165) is 39.5 Å². The molecule has 0 unspecified atom stereocenters. The summed E-state index contributed by atoms with van der Waals surface area (Å²) in [7, 11) is 0. The first-order valence-electron chi connectivity index (χ1n) is 21.6. The third-order valence-corrected chi connectivity index (χ3v) is 12.5. The van der Waals surface area contributed by atoms with Gasteiger partial charge in [0.2, 0.25) is 0 Å². The van der Waals surface area contributed by atoms with Crippen LogP contribution in [-0.2, 0) is 0 Å². The molecule has 2 aromatic heterocycles. The summed E-state index contributed by atoms with van der Waals surface area (Å²) >= 11 is 0. The lowest BCUT2D eigenvalue weighted by Gasteiger charge is -2.26. The second-order valence-electron chi connectivity index (χ2n) is 16.2. The predicted octanol–water partition coefficient (Wildman–Crippen LogP) is 16.4. The van der Waals surface area contributed by atoms with Crippen LogP contribution in [0, 0.1) is 0 Å². The molecule has 0 N–H and O–H groups in total. The normalized spacial score (nSPS) is 11.5. The number of hydrogen-bond acceptors (Lipinski definition) is 1. The van der Waals surface area contributed by atoms with Crippen LogP contribution in [0.5, 0.6) is 0 Å². The van der Waals surface area contributed by atoms with E-state index in [1.807, 2.05) is 0 Å². The second-order valence-corrected chi connectivity index (χ2v) is 16.2. The van der Waals surface area contributed by atoms with Crippen molar-refractivity contribution in [1.29, 1.82) is 0 Å². The van der Waals surface area contributed by atoms with Crippen LogP contribution in [0.25, 0.3) is 88.4 Å². The number of anilines is 3. The highest BCUT2D eigenvalue weighted by Gasteiger charge is 2.19. The van der Waals surface area contributed by atoms with E-state index in [1.165, 1.54) is 65.9 Å². The van der Waals surface area contributed by atoms with Crippen molar-refractivity contribution in [2.45, 2.75) is 0 Å². The fraction of sp³-hybridized carbons (Fsp3) is 0. The van der Waals surface area contributed by atoms with Crippen LogP contribution in [0.2, 0.25) is 0 Å². The van der Waals surface area contributed by atoms with E-state index in [2.05, 4.69) is 263 Å². The van der Waals surface area contributed by atoms with Gasteiger partial charge in [-0.05, 0) is 130 Å². The van der Waals surface area contributed by atoms with E-state index < -0.39 is 0 Å². The minimum absolute atomic E-state index is 1.08. The van der Waals surface area contributed by atoms with E-state index in [0.29, 0.717) is 0 Å². The van der Waals surface area contributed by atoms with E-state index in [4.69, 9.17) is 0 Å². The summed E-state index contributed by atoms with van der Waals surface area (Å²) in [6, 6.07) is 90.1. The number of aromatic nitrogens is 2. The van der Waals surface area contributed by atoms with E-state index >= 15 is 0 Å². The first-order chi connectivity index (χ1) is 31.2. The maximum Gasteiger partial charge on any atom is 0.0561 e. The molecule has 0 amide bonds. The largest absolute Gasteiger partial charge is 0.310 e. The zero-order valence-corrected chi connectivity index (χ0v) is 34.5. The zero-order valence-electron chi connectivity index (χ0n) is 34.5. The Labute approximate surface area is 366 Å². The predicted molar refractivity (Wildman–Crippen MR) is 266 cm³/mol. The summed E-state index contributed by atoms with van der Waals surface area (Å²) < 4.78 is 4.77. The fourth-order valence-electron chi connectivity index (χ4n) is 9.54. The molecule has 63 heavy (non-hydrogen) atoms. The molecule has 0 aliphatic heterocycles. The van der Waals surface area contributed by atoms with Crippen molar-refractivity contribution in [2.75, 3.05) is 4.90 Å². The Morgan fingerprint density at radius 3 is 1.06 bits per heavy atom. The van der Waals surface area contributed by atoms with Crippen molar-refractivity contribution < 1.29 is 0 Å². The van der Waals surface area contributed by atoms with Gasteiger partial charge in [0.25, 0.3) is 0 Å². The Bertz CT molecular complexity index is 3470. The van der Waals surface area contributed by atoms with Crippen molar-refractivity contribution in [3.63, 3.8) is 0 Å². The third-order valence-electron chi connectivity index (χ3n) is 12.5. The van der Waals surface area contributed by atoms with Crippen LogP contribution in [-0.4, -0.2) is 9.13 Å². The molecule has 0 radical (unpaired) electrons. The molecule has 12 aromatic rings. The summed E-state index contributed by atoms with van der Waals surface area (Å²) in [6.07, 6.45) is 0. The summed E-state index contributed by atoms with van der Waals surface area (Å²) in [5, 5.41) is 4.97. The molecule has 2 heterocycles. The smallest absolute Gasteiger partial charge is 0.0561 e. The number of fused-ring (bicyclic) bond motifs is 6. The van der Waals surface area contributed by atoms with Gasteiger partial charge in [0, 0.05) is 50.0 Å². The van der Waals surface area contributed by atoms with Gasteiger partial charge >= 0.3 is 0 Å². The van der Waals surface area contributed by atoms with Crippen molar-refractivity contribution in [2.24, 2.45) is 0 Å². The summed E-state index contributed by atoms with van der Waals surface area (Å²) in [5.41, 5.74) is 17.4. The van der Waals surface area contributed by atoms with Crippen LogP contribution in [0.3, 0.4) is 0 Å². The van der Waals surface area contributed by atoms with Gasteiger partial charge in [-0.2, -0.15) is 0 Å². The first-order valence-corrected chi connectivity index (χ1v) is 21.6. The van der Waals surface area contributed by atoms with Gasteiger partial charge in [0.05, 0.1) is 22.1 Å². The third kappa shape index (κ3) is 6.38. The lowest BCUT2D eigenvalue weighted by Crippen LogP contribution is -2.10. The number of nitrogens with zero attached hydrogens (tertiary/aromatic N) is 3. The van der Waals surface area contributed by atoms with Gasteiger partial charge in [-0.25, -0.2) is 0 Å². The molecule has 0 atom stereocenters. The standard InChI is InChI=1S/C60H41N3/c1-4-16-42(17-5-1)45-38-46(43-18-6-2-7-19-43)40-47(39-45)44-28-30-49(31-29-44)61(50-32-34-51(35-33-50)62-57-25-13-10-22-53(57)54-23-11-14-26-58(54)62)52-36-37-56-55-24-12-15-27-59(55)63(60(56)41-52)48-20-8-3-9-21-48/h1-41H. The molecule has 10 aromatic carbocycles. The molecule has 0 spiro atoms. The van der Waals surface area contributed by atoms with Gasteiger partial charge in [-0.3, -0.25) is 0 Å². The minimum atomic E-state index is 1.08. The molecule has 0 aliphatic rings. The van der Waals surface area contributed by atoms with Crippen LogP contribution in [0.1, 0.15) is 0 Å². The SMILES string of the molecule is c1ccc(-c2cc(-c3ccccc3)cc(-c3ccc(N(c4ccc(-n5c6ccccc6c6ccccc65)cc4)c4ccc5c6ccccc6n(-c6ccccc6)c5c4)cc3)c2)cc1. The molecule has 0 bridgehead atoms. The fourth-order valence-corrected chi connectivity index (χ4v) is 9.54. The molecule has 0 saturated heterocycles. The van der Waals surface area contributed by atoms with Crippen molar-refractivity contribution in [1.82, 2.24) is 9.13 Å². The molecule has 3 heteroatoms. The molecule has 3 nitrogen and oxygen atoms in total. The maximum atomic E-state index is 2.39. The number of para-hydroxylation sites is 4. The van der Waals surface area contributed by atoms with Crippen molar-refractivity contribution >= 4 is 60.7 Å². The van der Waals surface area contributed by atoms with E-state index in [1.54, 1.807) is 0 Å². The number of benzene rings is 10. The summed E-state index contributed by atoms with van der Waals surface area (Å²) in [5.74, 6) is 0. The van der Waals surface area contributed by atoms with Crippen LogP contribution < -0.4 is 4.90 Å². The molecular formula is C60H41N3. The van der Waals surface area contributed by atoms with Crippen LogP contribution in [0.15, 0.2) is 249 Å². The van der Waals surface area contributed by atoms with Crippen LogP contribution in [0.4, 0.5) is 17.1 Å². The monoisotopic (exact) mass is 803 g/mol. The highest BCUT2D eigenvalue weighted by atomic mass is 15.1. The topological polar surface area (TPSA) is 13.1 Å². The van der Waals surface area contributed by atoms with Gasteiger partial charge in [-0.15, -0.1) is 0 Å². The van der Waals surface area contributed by atoms with Gasteiger partial charge in [0.15, 0.2) is 0 Å². The van der Waals surface area contributed by atoms with E-state index in [9.17, 15) is 0 Å². The maximum absolute atomic E-state index is 2.39. The Morgan fingerprint density at radius 2 is 0.571 bits per heavy atom. The average Bonchev–Trinajstić information content (AvgIpc) is 3.88. The second kappa shape index (κ2) is 15.3. The summed E-state index contributed by atoms with van der Waals surface area (Å²) in [6.45, 7) is 0. The zero-order chi connectivity index (χ0) is 41.7. The Kier molecular flexibility index (Phi) is 8.83. The van der Waals surface area contributed by atoms with Crippen LogP contribution >= 0.6 is 0 Å².